The Bertz CT molecular complexity index is 246. The highest BCUT2D eigenvalue weighted by Gasteiger charge is 2.37. The topological polar surface area (TPSA) is 88.4 Å². The molecule has 0 aliphatic heterocycles. The minimum atomic E-state index is -2.59. The van der Waals surface area contributed by atoms with Crippen LogP contribution in [-0.4, -0.2) is 64.7 Å². The van der Waals surface area contributed by atoms with Crippen molar-refractivity contribution in [1.29, 1.82) is 0 Å². The summed E-state index contributed by atoms with van der Waals surface area (Å²) in [4.78, 5) is 9.80. The van der Waals surface area contributed by atoms with E-state index in [1.54, 1.807) is 20.2 Å². The van der Waals surface area contributed by atoms with Crippen LogP contribution in [0.3, 0.4) is 0 Å². The summed E-state index contributed by atoms with van der Waals surface area (Å²) in [7, 11) is -3.33. The average molecular weight is 313 g/mol. The van der Waals surface area contributed by atoms with E-state index in [0.29, 0.717) is 12.7 Å². The van der Waals surface area contributed by atoms with Gasteiger partial charge in [-0.25, -0.2) is 0 Å². The Kier molecular flexibility index (Phi) is 8.56. The van der Waals surface area contributed by atoms with Gasteiger partial charge in [-0.1, -0.05) is 0 Å². The maximum atomic E-state index is 9.80. The van der Waals surface area contributed by atoms with Crippen LogP contribution in [0, 0.1) is 0 Å². The maximum absolute atomic E-state index is 9.80. The van der Waals surface area contributed by atoms with Crippen LogP contribution >= 0.6 is 0 Å². The Balaban J connectivity index is 3.90. The standard InChI is InChI=1S/C11H28O6Si2/c1-10(12)11(13)9-16-7-6-8-19(5,15-2)17-18(3,4)14/h10-14H,6-9H2,1-5H3. The second-order valence-electron chi connectivity index (χ2n) is 5.37. The molecule has 0 amide bonds. The van der Waals surface area contributed by atoms with Crippen LogP contribution in [0.1, 0.15) is 13.3 Å². The molecule has 6 nitrogen and oxygen atoms in total. The van der Waals surface area contributed by atoms with Gasteiger partial charge in [-0.15, -0.1) is 0 Å². The van der Waals surface area contributed by atoms with Crippen molar-refractivity contribution < 1.29 is 28.3 Å². The molecule has 3 atom stereocenters. The average Bonchev–Trinajstić information content (AvgIpc) is 2.25. The first-order chi connectivity index (χ1) is 8.59. The lowest BCUT2D eigenvalue weighted by molar-refractivity contribution is -0.0303. The Morgan fingerprint density at radius 1 is 1.16 bits per heavy atom. The summed E-state index contributed by atoms with van der Waals surface area (Å²) in [5.74, 6) is 0. The van der Waals surface area contributed by atoms with Gasteiger partial charge in [0, 0.05) is 13.7 Å². The van der Waals surface area contributed by atoms with Crippen molar-refractivity contribution in [1.82, 2.24) is 0 Å². The number of hydrogen-bond acceptors (Lipinski definition) is 6. The third kappa shape index (κ3) is 9.69. The van der Waals surface area contributed by atoms with Crippen molar-refractivity contribution in [3.05, 3.63) is 0 Å². The second-order valence-corrected chi connectivity index (χ2v) is 12.3. The number of ether oxygens (including phenoxy) is 1. The normalized spacial score (nSPS) is 18.9. The smallest absolute Gasteiger partial charge is 0.325 e. The molecule has 3 unspecified atom stereocenters. The van der Waals surface area contributed by atoms with Crippen molar-refractivity contribution in [3.8, 4) is 0 Å². The van der Waals surface area contributed by atoms with E-state index in [4.69, 9.17) is 18.4 Å². The Hall–Kier alpha value is 0.194. The zero-order chi connectivity index (χ0) is 15.1. The molecule has 19 heavy (non-hydrogen) atoms. The lowest BCUT2D eigenvalue weighted by Crippen LogP contribution is -2.48. The first-order valence-electron chi connectivity index (χ1n) is 6.51. The molecule has 0 saturated carbocycles. The maximum Gasteiger partial charge on any atom is 0.325 e. The molecule has 0 bridgehead atoms. The molecule has 8 heteroatoms. The Labute approximate surface area is 117 Å². The summed E-state index contributed by atoms with van der Waals surface area (Å²) in [5, 5.41) is 18.4. The van der Waals surface area contributed by atoms with Crippen molar-refractivity contribution in [3.63, 3.8) is 0 Å². The van der Waals surface area contributed by atoms with Gasteiger partial charge in [-0.2, -0.15) is 0 Å². The molecule has 0 aliphatic carbocycles. The summed E-state index contributed by atoms with van der Waals surface area (Å²) in [6.45, 7) is 7.45. The molecule has 3 N–H and O–H groups in total. The third-order valence-electron chi connectivity index (χ3n) is 2.66. The van der Waals surface area contributed by atoms with E-state index >= 15 is 0 Å². The summed E-state index contributed by atoms with van der Waals surface area (Å²) in [6, 6.07) is 0.714. The molecule has 0 aromatic rings. The molecule has 0 spiro atoms. The molecule has 0 aromatic heterocycles. The van der Waals surface area contributed by atoms with Gasteiger partial charge in [-0.05, 0) is 39.0 Å². The SMILES string of the molecule is CO[Si](C)(CCCOCC(O)C(C)O)O[Si](C)(C)O. The van der Waals surface area contributed by atoms with Gasteiger partial charge >= 0.3 is 17.1 Å². The van der Waals surface area contributed by atoms with Gasteiger partial charge < -0.3 is 28.3 Å². The summed E-state index contributed by atoms with van der Waals surface area (Å²) in [6.07, 6.45) is -0.915. The third-order valence-corrected chi connectivity index (χ3v) is 8.51. The molecule has 0 aromatic carbocycles. The highest BCUT2D eigenvalue weighted by atomic mass is 28.5. The Morgan fingerprint density at radius 3 is 2.16 bits per heavy atom. The van der Waals surface area contributed by atoms with Crippen molar-refractivity contribution >= 4 is 17.1 Å². The molecule has 0 aliphatic rings. The van der Waals surface area contributed by atoms with Gasteiger partial charge in [0.05, 0.1) is 12.7 Å². The fourth-order valence-electron chi connectivity index (χ4n) is 1.56. The number of rotatable bonds is 10. The van der Waals surface area contributed by atoms with Crippen LogP contribution in [0.2, 0.25) is 25.7 Å². The highest BCUT2D eigenvalue weighted by Crippen LogP contribution is 2.19. The van der Waals surface area contributed by atoms with E-state index < -0.39 is 29.3 Å². The predicted molar refractivity (Wildman–Crippen MR) is 77.3 cm³/mol. The number of hydrogen-bond donors (Lipinski definition) is 3. The molecule has 116 valence electrons. The predicted octanol–water partition coefficient (Wildman–Crippen LogP) is 0.564. The molecule has 0 rings (SSSR count). The van der Waals surface area contributed by atoms with Crippen LogP contribution < -0.4 is 0 Å². The summed E-state index contributed by atoms with van der Waals surface area (Å²) >= 11 is 0. The minimum absolute atomic E-state index is 0.115. The lowest BCUT2D eigenvalue weighted by Gasteiger charge is -2.31. The fraction of sp³-hybridized carbons (Fsp3) is 1.00. The molecule has 0 heterocycles. The van der Waals surface area contributed by atoms with Crippen LogP contribution in [0.25, 0.3) is 0 Å². The lowest BCUT2D eigenvalue weighted by atomic mass is 10.2. The highest BCUT2D eigenvalue weighted by molar-refractivity contribution is 6.78. The monoisotopic (exact) mass is 312 g/mol. The number of aliphatic hydroxyl groups is 2. The zero-order valence-corrected chi connectivity index (χ0v) is 14.5. The molecular formula is C11H28O6Si2. The van der Waals surface area contributed by atoms with Crippen LogP contribution in [0.15, 0.2) is 0 Å². The van der Waals surface area contributed by atoms with E-state index in [9.17, 15) is 9.90 Å². The van der Waals surface area contributed by atoms with Crippen molar-refractivity contribution in [2.45, 2.75) is 51.2 Å². The fourth-order valence-corrected chi connectivity index (χ4v) is 7.52. The van der Waals surface area contributed by atoms with Crippen LogP contribution in [-0.2, 0) is 13.3 Å². The number of aliphatic hydroxyl groups excluding tert-OH is 2. The van der Waals surface area contributed by atoms with E-state index in [1.807, 2.05) is 6.55 Å². The second kappa shape index (κ2) is 8.47. The van der Waals surface area contributed by atoms with Crippen LogP contribution in [0.5, 0.6) is 0 Å². The molecule has 0 radical (unpaired) electrons. The first-order valence-corrected chi connectivity index (χ1v) is 11.9. The zero-order valence-electron chi connectivity index (χ0n) is 12.5. The van der Waals surface area contributed by atoms with Crippen molar-refractivity contribution in [2.24, 2.45) is 0 Å². The van der Waals surface area contributed by atoms with E-state index in [-0.39, 0.29) is 6.61 Å². The van der Waals surface area contributed by atoms with Gasteiger partial charge in [0.1, 0.15) is 6.10 Å². The van der Waals surface area contributed by atoms with Gasteiger partial charge in [0.25, 0.3) is 0 Å². The van der Waals surface area contributed by atoms with Gasteiger partial charge in [0.2, 0.25) is 0 Å². The Morgan fingerprint density at radius 2 is 1.74 bits per heavy atom. The molecule has 0 saturated heterocycles. The minimum Gasteiger partial charge on any atom is -0.415 e. The first kappa shape index (κ1) is 19.2. The van der Waals surface area contributed by atoms with E-state index in [0.717, 1.165) is 6.42 Å². The largest absolute Gasteiger partial charge is 0.415 e. The van der Waals surface area contributed by atoms with Crippen LogP contribution in [0.4, 0.5) is 0 Å². The van der Waals surface area contributed by atoms with Gasteiger partial charge in [0.15, 0.2) is 0 Å². The summed E-state index contributed by atoms with van der Waals surface area (Å²) < 4.78 is 16.4. The van der Waals surface area contributed by atoms with E-state index in [2.05, 4.69) is 0 Å². The quantitative estimate of drug-likeness (QED) is 0.404. The molecular weight excluding hydrogens is 284 g/mol. The van der Waals surface area contributed by atoms with Gasteiger partial charge in [-0.3, -0.25) is 0 Å². The summed E-state index contributed by atoms with van der Waals surface area (Å²) in [5.41, 5.74) is 0. The van der Waals surface area contributed by atoms with E-state index in [1.165, 1.54) is 6.92 Å². The molecule has 0 fully saturated rings. The van der Waals surface area contributed by atoms with Crippen molar-refractivity contribution in [2.75, 3.05) is 20.3 Å².